The fourth-order valence-corrected chi connectivity index (χ4v) is 3.09. The van der Waals surface area contributed by atoms with Gasteiger partial charge in [-0.2, -0.15) is 10.1 Å². The molecule has 1 atom stereocenters. The monoisotopic (exact) mass is 407 g/mol. The maximum Gasteiger partial charge on any atom is 0.298 e. The zero-order chi connectivity index (χ0) is 20.9. The van der Waals surface area contributed by atoms with E-state index in [0.29, 0.717) is 37.4 Å². The quantitative estimate of drug-likeness (QED) is 0.444. The summed E-state index contributed by atoms with van der Waals surface area (Å²) in [7, 11) is 1.93. The van der Waals surface area contributed by atoms with Crippen molar-refractivity contribution in [3.63, 3.8) is 0 Å². The van der Waals surface area contributed by atoms with E-state index >= 15 is 0 Å². The molecular formula is C22H25N5O3. The number of para-hydroxylation sites is 3. The van der Waals surface area contributed by atoms with Crippen molar-refractivity contribution in [1.29, 1.82) is 0 Å². The number of oxazole rings is 1. The van der Waals surface area contributed by atoms with Crippen molar-refractivity contribution in [3.05, 3.63) is 54.4 Å². The number of benzene rings is 2. The van der Waals surface area contributed by atoms with Crippen LogP contribution in [0.5, 0.6) is 5.75 Å². The number of nitrogens with one attached hydrogen (secondary N) is 1. The minimum Gasteiger partial charge on any atom is -0.491 e. The van der Waals surface area contributed by atoms with E-state index < -0.39 is 0 Å². The van der Waals surface area contributed by atoms with Crippen LogP contribution in [0, 0.1) is 0 Å². The highest BCUT2D eigenvalue weighted by molar-refractivity contribution is 5.74. The average molecular weight is 407 g/mol. The van der Waals surface area contributed by atoms with E-state index in [0.717, 1.165) is 22.4 Å². The Labute approximate surface area is 174 Å². The minimum absolute atomic E-state index is 0.144. The molecule has 0 aliphatic heterocycles. The SMILES string of the molecule is CCOC(C)c1nc(-c2ccccc2OCCN(C)c2nc3ccccc3o2)n[nH]1. The van der Waals surface area contributed by atoms with Gasteiger partial charge in [-0.1, -0.05) is 24.3 Å². The first-order chi connectivity index (χ1) is 14.7. The Balaban J connectivity index is 1.42. The first kappa shape index (κ1) is 19.9. The third kappa shape index (κ3) is 4.28. The summed E-state index contributed by atoms with van der Waals surface area (Å²) in [4.78, 5) is 11.0. The lowest BCUT2D eigenvalue weighted by Crippen LogP contribution is -2.24. The van der Waals surface area contributed by atoms with Crippen LogP contribution in [0.25, 0.3) is 22.5 Å². The summed E-state index contributed by atoms with van der Waals surface area (Å²) in [5.41, 5.74) is 2.44. The van der Waals surface area contributed by atoms with Crippen LogP contribution in [0.2, 0.25) is 0 Å². The van der Waals surface area contributed by atoms with Crippen molar-refractivity contribution < 1.29 is 13.9 Å². The van der Waals surface area contributed by atoms with Gasteiger partial charge in [0.25, 0.3) is 6.01 Å². The van der Waals surface area contributed by atoms with Gasteiger partial charge >= 0.3 is 0 Å². The van der Waals surface area contributed by atoms with E-state index in [1.807, 2.05) is 74.3 Å². The van der Waals surface area contributed by atoms with Gasteiger partial charge in [-0.15, -0.1) is 0 Å². The smallest absolute Gasteiger partial charge is 0.298 e. The van der Waals surface area contributed by atoms with Crippen molar-refractivity contribution in [2.45, 2.75) is 20.0 Å². The number of hydrogen-bond acceptors (Lipinski definition) is 7. The van der Waals surface area contributed by atoms with Crippen molar-refractivity contribution in [3.8, 4) is 17.1 Å². The van der Waals surface area contributed by atoms with Crippen LogP contribution < -0.4 is 9.64 Å². The summed E-state index contributed by atoms with van der Waals surface area (Å²) < 4.78 is 17.4. The summed E-state index contributed by atoms with van der Waals surface area (Å²) in [6.07, 6.45) is -0.144. The number of aromatic nitrogens is 4. The molecule has 0 saturated carbocycles. The zero-order valence-corrected chi connectivity index (χ0v) is 17.3. The van der Waals surface area contributed by atoms with Gasteiger partial charge in [0.1, 0.15) is 24.0 Å². The summed E-state index contributed by atoms with van der Waals surface area (Å²) in [5, 5.41) is 7.29. The molecule has 0 radical (unpaired) electrons. The molecule has 8 heteroatoms. The molecule has 2 aromatic heterocycles. The summed E-state index contributed by atoms with van der Waals surface area (Å²) in [6.45, 7) is 5.58. The standard InChI is InChI=1S/C22H25N5O3/c1-4-28-15(2)20-24-21(26-25-20)16-9-5-7-11-18(16)29-14-13-27(3)22-23-17-10-6-8-12-19(17)30-22/h5-12,15H,4,13-14H2,1-3H3,(H,24,25,26). The molecule has 0 saturated heterocycles. The number of hydrogen-bond donors (Lipinski definition) is 1. The van der Waals surface area contributed by atoms with Crippen LogP contribution in [0.15, 0.2) is 52.9 Å². The Morgan fingerprint density at radius 1 is 1.10 bits per heavy atom. The lowest BCUT2D eigenvalue weighted by Gasteiger charge is -2.15. The molecule has 0 aliphatic rings. The highest BCUT2D eigenvalue weighted by Crippen LogP contribution is 2.28. The molecule has 1 unspecified atom stereocenters. The second kappa shape index (κ2) is 8.96. The van der Waals surface area contributed by atoms with Gasteiger partial charge in [-0.05, 0) is 38.1 Å². The van der Waals surface area contributed by atoms with E-state index in [9.17, 15) is 0 Å². The van der Waals surface area contributed by atoms with E-state index in [1.54, 1.807) is 0 Å². The summed E-state index contributed by atoms with van der Waals surface area (Å²) in [5.74, 6) is 2.00. The van der Waals surface area contributed by atoms with Gasteiger partial charge in [0.15, 0.2) is 17.2 Å². The Morgan fingerprint density at radius 3 is 2.73 bits per heavy atom. The van der Waals surface area contributed by atoms with Gasteiger partial charge in [0, 0.05) is 13.7 Å². The van der Waals surface area contributed by atoms with Crippen molar-refractivity contribution in [1.82, 2.24) is 20.2 Å². The topological polar surface area (TPSA) is 89.3 Å². The molecule has 2 heterocycles. The molecule has 0 amide bonds. The number of nitrogens with zero attached hydrogens (tertiary/aromatic N) is 4. The second-order valence-corrected chi connectivity index (χ2v) is 6.87. The lowest BCUT2D eigenvalue weighted by atomic mass is 10.2. The predicted molar refractivity (Wildman–Crippen MR) is 115 cm³/mol. The highest BCUT2D eigenvalue weighted by atomic mass is 16.5. The van der Waals surface area contributed by atoms with Crippen LogP contribution in [0.4, 0.5) is 6.01 Å². The molecule has 0 aliphatic carbocycles. The Bertz CT molecular complexity index is 1070. The molecule has 8 nitrogen and oxygen atoms in total. The van der Waals surface area contributed by atoms with Crippen molar-refractivity contribution in [2.24, 2.45) is 0 Å². The van der Waals surface area contributed by atoms with E-state index in [1.165, 1.54) is 0 Å². The Morgan fingerprint density at radius 2 is 1.90 bits per heavy atom. The van der Waals surface area contributed by atoms with Crippen LogP contribution in [0.1, 0.15) is 25.8 Å². The van der Waals surface area contributed by atoms with Gasteiger partial charge in [-0.25, -0.2) is 4.98 Å². The molecule has 0 fully saturated rings. The van der Waals surface area contributed by atoms with Crippen LogP contribution >= 0.6 is 0 Å². The number of fused-ring (bicyclic) bond motifs is 1. The highest BCUT2D eigenvalue weighted by Gasteiger charge is 2.16. The zero-order valence-electron chi connectivity index (χ0n) is 17.3. The third-order valence-corrected chi connectivity index (χ3v) is 4.73. The second-order valence-electron chi connectivity index (χ2n) is 6.87. The maximum absolute atomic E-state index is 6.04. The Hall–Kier alpha value is -3.39. The van der Waals surface area contributed by atoms with E-state index in [2.05, 4.69) is 20.2 Å². The first-order valence-corrected chi connectivity index (χ1v) is 9.98. The molecule has 0 bridgehead atoms. The molecule has 4 aromatic rings. The Kier molecular flexibility index (Phi) is 5.94. The summed E-state index contributed by atoms with van der Waals surface area (Å²) in [6, 6.07) is 16.0. The van der Waals surface area contributed by atoms with Gasteiger partial charge < -0.3 is 18.8 Å². The number of aromatic amines is 1. The molecular weight excluding hydrogens is 382 g/mol. The number of H-pyrrole nitrogens is 1. The number of ether oxygens (including phenoxy) is 2. The third-order valence-electron chi connectivity index (χ3n) is 4.73. The van der Waals surface area contributed by atoms with Crippen LogP contribution in [-0.2, 0) is 4.74 Å². The molecule has 156 valence electrons. The van der Waals surface area contributed by atoms with Gasteiger partial charge in [0.2, 0.25) is 0 Å². The molecule has 30 heavy (non-hydrogen) atoms. The predicted octanol–water partition coefficient (Wildman–Crippen LogP) is 4.23. The van der Waals surface area contributed by atoms with Gasteiger partial charge in [-0.3, -0.25) is 5.10 Å². The van der Waals surface area contributed by atoms with E-state index in [-0.39, 0.29) is 6.10 Å². The molecule has 4 rings (SSSR count). The lowest BCUT2D eigenvalue weighted by molar-refractivity contribution is 0.0703. The number of rotatable bonds is 9. The van der Waals surface area contributed by atoms with Crippen LogP contribution in [-0.4, -0.2) is 47.0 Å². The molecule has 1 N–H and O–H groups in total. The largest absolute Gasteiger partial charge is 0.491 e. The normalized spacial score (nSPS) is 12.2. The molecule has 2 aromatic carbocycles. The van der Waals surface area contributed by atoms with Crippen molar-refractivity contribution >= 4 is 17.1 Å². The van der Waals surface area contributed by atoms with Crippen LogP contribution in [0.3, 0.4) is 0 Å². The fraction of sp³-hybridized carbons (Fsp3) is 0.318. The number of likely N-dealkylation sites (N-methyl/N-ethyl adjacent to an activating group) is 1. The average Bonchev–Trinajstić information content (AvgIpc) is 3.42. The van der Waals surface area contributed by atoms with Crippen molar-refractivity contribution in [2.75, 3.05) is 31.7 Å². The number of anilines is 1. The van der Waals surface area contributed by atoms with Gasteiger partial charge in [0.05, 0.1) is 12.1 Å². The van der Waals surface area contributed by atoms with E-state index in [4.69, 9.17) is 13.9 Å². The summed E-state index contributed by atoms with van der Waals surface area (Å²) >= 11 is 0. The first-order valence-electron chi connectivity index (χ1n) is 9.98. The fourth-order valence-electron chi connectivity index (χ4n) is 3.09. The molecule has 0 spiro atoms. The maximum atomic E-state index is 6.04. The minimum atomic E-state index is -0.144.